The maximum absolute atomic E-state index is 12.5. The number of piperazine rings is 1. The fourth-order valence-electron chi connectivity index (χ4n) is 3.76. The highest BCUT2D eigenvalue weighted by molar-refractivity contribution is 6.06. The van der Waals surface area contributed by atoms with Crippen molar-refractivity contribution in [3.63, 3.8) is 0 Å². The summed E-state index contributed by atoms with van der Waals surface area (Å²) >= 11 is 0. The summed E-state index contributed by atoms with van der Waals surface area (Å²) in [5, 5.41) is 14.1. The number of carbonyl (C=O) groups excluding carboxylic acids is 3. The monoisotopic (exact) mass is 447 g/mol. The molecule has 0 saturated carbocycles. The van der Waals surface area contributed by atoms with E-state index in [1.807, 2.05) is 0 Å². The van der Waals surface area contributed by atoms with Crippen molar-refractivity contribution in [2.75, 3.05) is 57.8 Å². The number of nitrogens with zero attached hydrogens (tertiary/aromatic N) is 3. The maximum atomic E-state index is 12.5. The summed E-state index contributed by atoms with van der Waals surface area (Å²) in [5.41, 5.74) is 0.918. The highest BCUT2D eigenvalue weighted by Crippen LogP contribution is 2.30. The standard InChI is InChI=1S/C21H29N5O6/c1-32-17-14-15(4-5-16(17)26-9-6-18(27)23-20(26)29)19(28)22-7-2-3-8-24-10-12-25(13-11-24)21(30)31/h4-5,14H,2-3,6-13H2,1H3,(H,22,28)(H,30,31)(H,23,27,29). The molecule has 0 unspecified atom stereocenters. The second-order valence-electron chi connectivity index (χ2n) is 7.72. The van der Waals surface area contributed by atoms with E-state index in [1.54, 1.807) is 18.2 Å². The zero-order valence-electron chi connectivity index (χ0n) is 18.1. The first kappa shape index (κ1) is 23.3. The number of hydrogen-bond donors (Lipinski definition) is 3. The molecule has 0 radical (unpaired) electrons. The van der Waals surface area contributed by atoms with Crippen LogP contribution < -0.4 is 20.3 Å². The molecule has 0 atom stereocenters. The second-order valence-corrected chi connectivity index (χ2v) is 7.72. The topological polar surface area (TPSA) is 132 Å². The number of amides is 5. The number of rotatable bonds is 8. The van der Waals surface area contributed by atoms with Crippen LogP contribution in [0.3, 0.4) is 0 Å². The van der Waals surface area contributed by atoms with Crippen LogP contribution in [0.1, 0.15) is 29.6 Å². The van der Waals surface area contributed by atoms with Gasteiger partial charge in [0.15, 0.2) is 0 Å². The largest absolute Gasteiger partial charge is 0.495 e. The Bertz CT molecular complexity index is 868. The number of anilines is 1. The van der Waals surface area contributed by atoms with Crippen LogP contribution in [0.15, 0.2) is 18.2 Å². The SMILES string of the molecule is COc1cc(C(=O)NCCCCN2CCN(C(=O)O)CC2)ccc1N1CCC(=O)NC1=O. The molecule has 3 N–H and O–H groups in total. The van der Waals surface area contributed by atoms with E-state index in [2.05, 4.69) is 15.5 Å². The molecule has 11 nitrogen and oxygen atoms in total. The molecule has 3 rings (SSSR count). The van der Waals surface area contributed by atoms with Crippen LogP contribution in [-0.4, -0.2) is 91.8 Å². The molecule has 2 aliphatic rings. The average Bonchev–Trinajstić information content (AvgIpc) is 2.78. The molecule has 2 heterocycles. The van der Waals surface area contributed by atoms with Crippen LogP contribution in [0.4, 0.5) is 15.3 Å². The van der Waals surface area contributed by atoms with Crippen LogP contribution in [-0.2, 0) is 4.79 Å². The summed E-state index contributed by atoms with van der Waals surface area (Å²) in [4.78, 5) is 51.9. The van der Waals surface area contributed by atoms with Gasteiger partial charge >= 0.3 is 12.1 Å². The Morgan fingerprint density at radius 1 is 1.12 bits per heavy atom. The Morgan fingerprint density at radius 2 is 1.88 bits per heavy atom. The van der Waals surface area contributed by atoms with Crippen LogP contribution >= 0.6 is 0 Å². The third-order valence-corrected chi connectivity index (χ3v) is 5.62. The van der Waals surface area contributed by atoms with Gasteiger partial charge in [-0.3, -0.25) is 24.7 Å². The third-order valence-electron chi connectivity index (χ3n) is 5.62. The van der Waals surface area contributed by atoms with Crippen LogP contribution in [0.2, 0.25) is 0 Å². The van der Waals surface area contributed by atoms with E-state index in [1.165, 1.54) is 16.9 Å². The number of benzene rings is 1. The minimum Gasteiger partial charge on any atom is -0.495 e. The van der Waals surface area contributed by atoms with Crippen LogP contribution in [0.5, 0.6) is 5.75 Å². The lowest BCUT2D eigenvalue weighted by Gasteiger charge is -2.33. The number of urea groups is 1. The number of hydrogen-bond acceptors (Lipinski definition) is 6. The maximum Gasteiger partial charge on any atom is 0.407 e. The van der Waals surface area contributed by atoms with Gasteiger partial charge in [0, 0.05) is 51.3 Å². The Hall–Kier alpha value is -3.34. The summed E-state index contributed by atoms with van der Waals surface area (Å²) in [5.74, 6) is -0.172. The molecule has 0 aromatic heterocycles. The van der Waals surface area contributed by atoms with Crippen molar-refractivity contribution >= 4 is 29.6 Å². The molecule has 2 aliphatic heterocycles. The number of ether oxygens (including phenoxy) is 1. The van der Waals surface area contributed by atoms with Gasteiger partial charge in [0.2, 0.25) is 5.91 Å². The smallest absolute Gasteiger partial charge is 0.407 e. The molecule has 174 valence electrons. The van der Waals surface area contributed by atoms with Gasteiger partial charge < -0.3 is 20.1 Å². The normalized spacial score (nSPS) is 17.2. The molecule has 0 bridgehead atoms. The lowest BCUT2D eigenvalue weighted by atomic mass is 10.1. The van der Waals surface area contributed by atoms with Crippen molar-refractivity contribution in [1.82, 2.24) is 20.4 Å². The molecule has 2 fully saturated rings. The number of unbranched alkanes of at least 4 members (excludes halogenated alkanes) is 1. The minimum absolute atomic E-state index is 0.201. The third kappa shape index (κ3) is 5.88. The molecule has 5 amide bonds. The van der Waals surface area contributed by atoms with Crippen LogP contribution in [0, 0.1) is 0 Å². The average molecular weight is 447 g/mol. The molecular weight excluding hydrogens is 418 g/mol. The summed E-state index contributed by atoms with van der Waals surface area (Å²) in [6.07, 6.45) is 1.04. The zero-order valence-corrected chi connectivity index (χ0v) is 18.1. The number of carboxylic acid groups (broad SMARTS) is 1. The van der Waals surface area contributed by atoms with Gasteiger partial charge in [-0.1, -0.05) is 0 Å². The van der Waals surface area contributed by atoms with E-state index in [-0.39, 0.29) is 24.8 Å². The Kier molecular flexibility index (Phi) is 7.87. The Morgan fingerprint density at radius 3 is 2.53 bits per heavy atom. The number of carbonyl (C=O) groups is 4. The van der Waals surface area contributed by atoms with Crippen molar-refractivity contribution in [1.29, 1.82) is 0 Å². The summed E-state index contributed by atoms with van der Waals surface area (Å²) in [7, 11) is 1.46. The molecular formula is C21H29N5O6. The second kappa shape index (κ2) is 10.8. The van der Waals surface area contributed by atoms with Crippen molar-refractivity contribution in [2.45, 2.75) is 19.3 Å². The number of methoxy groups -OCH3 is 1. The quantitative estimate of drug-likeness (QED) is 0.506. The summed E-state index contributed by atoms with van der Waals surface area (Å²) in [6, 6.07) is 4.33. The van der Waals surface area contributed by atoms with Gasteiger partial charge in [0.1, 0.15) is 5.75 Å². The zero-order chi connectivity index (χ0) is 23.1. The van der Waals surface area contributed by atoms with E-state index >= 15 is 0 Å². The number of imide groups is 1. The van der Waals surface area contributed by atoms with E-state index in [9.17, 15) is 19.2 Å². The van der Waals surface area contributed by atoms with Gasteiger partial charge in [-0.05, 0) is 37.6 Å². The number of nitrogens with one attached hydrogen (secondary N) is 2. The molecule has 0 spiro atoms. The van der Waals surface area contributed by atoms with Gasteiger partial charge in [-0.15, -0.1) is 0 Å². The lowest BCUT2D eigenvalue weighted by molar-refractivity contribution is -0.120. The van der Waals surface area contributed by atoms with Crippen molar-refractivity contribution in [3.8, 4) is 5.75 Å². The summed E-state index contributed by atoms with van der Waals surface area (Å²) in [6.45, 7) is 4.15. The van der Waals surface area contributed by atoms with E-state index in [0.717, 1.165) is 32.5 Å². The summed E-state index contributed by atoms with van der Waals surface area (Å²) < 4.78 is 5.36. The van der Waals surface area contributed by atoms with Crippen LogP contribution in [0.25, 0.3) is 0 Å². The molecule has 1 aromatic carbocycles. The Balaban J connectivity index is 1.44. The minimum atomic E-state index is -0.869. The molecule has 11 heteroatoms. The van der Waals surface area contributed by atoms with Gasteiger partial charge in [-0.25, -0.2) is 9.59 Å². The fraction of sp³-hybridized carbons (Fsp3) is 0.524. The lowest BCUT2D eigenvalue weighted by Crippen LogP contribution is -2.49. The molecule has 0 aliphatic carbocycles. The first-order chi connectivity index (χ1) is 15.4. The predicted molar refractivity (Wildman–Crippen MR) is 116 cm³/mol. The highest BCUT2D eigenvalue weighted by Gasteiger charge is 2.27. The Labute approximate surface area is 186 Å². The fourth-order valence-corrected chi connectivity index (χ4v) is 3.76. The highest BCUT2D eigenvalue weighted by atomic mass is 16.5. The first-order valence-electron chi connectivity index (χ1n) is 10.7. The van der Waals surface area contributed by atoms with Crippen molar-refractivity contribution < 1.29 is 29.0 Å². The van der Waals surface area contributed by atoms with Crippen molar-refractivity contribution in [2.24, 2.45) is 0 Å². The van der Waals surface area contributed by atoms with E-state index in [0.29, 0.717) is 36.6 Å². The van der Waals surface area contributed by atoms with Crippen molar-refractivity contribution in [3.05, 3.63) is 23.8 Å². The van der Waals surface area contributed by atoms with Gasteiger partial charge in [0.25, 0.3) is 5.91 Å². The molecule has 1 aromatic rings. The van der Waals surface area contributed by atoms with E-state index < -0.39 is 12.1 Å². The van der Waals surface area contributed by atoms with Gasteiger partial charge in [0.05, 0.1) is 12.8 Å². The first-order valence-corrected chi connectivity index (χ1v) is 10.7. The predicted octanol–water partition coefficient (Wildman–Crippen LogP) is 0.947. The molecule has 32 heavy (non-hydrogen) atoms. The van der Waals surface area contributed by atoms with E-state index in [4.69, 9.17) is 9.84 Å². The molecule has 2 saturated heterocycles. The van der Waals surface area contributed by atoms with Gasteiger partial charge in [-0.2, -0.15) is 0 Å².